The maximum Gasteiger partial charge on any atom is 0.265 e. The van der Waals surface area contributed by atoms with Gasteiger partial charge in [-0.3, -0.25) is 9.59 Å². The van der Waals surface area contributed by atoms with E-state index in [2.05, 4.69) is 5.32 Å². The lowest BCUT2D eigenvalue weighted by Gasteiger charge is -2.30. The van der Waals surface area contributed by atoms with Crippen molar-refractivity contribution in [2.45, 2.75) is 0 Å². The van der Waals surface area contributed by atoms with Gasteiger partial charge in [-0.15, -0.1) is 0 Å². The van der Waals surface area contributed by atoms with Gasteiger partial charge in [-0.2, -0.15) is 0 Å². The fraction of sp³-hybridized carbons (Fsp3) is 0.263. The van der Waals surface area contributed by atoms with Crippen LogP contribution in [0.25, 0.3) is 0 Å². The van der Waals surface area contributed by atoms with E-state index in [1.165, 1.54) is 18.2 Å². The van der Waals surface area contributed by atoms with Crippen molar-refractivity contribution < 1.29 is 18.7 Å². The highest BCUT2D eigenvalue weighted by Crippen LogP contribution is 2.34. The number of nitrogens with zero attached hydrogens (tertiary/aromatic N) is 2. The van der Waals surface area contributed by atoms with Crippen LogP contribution in [0.1, 0.15) is 10.4 Å². The number of anilines is 2. The second-order valence-corrected chi connectivity index (χ2v) is 6.25. The molecule has 2 aromatic rings. The van der Waals surface area contributed by atoms with Crippen LogP contribution in [0.15, 0.2) is 42.5 Å². The summed E-state index contributed by atoms with van der Waals surface area (Å²) < 4.78 is 19.2. The van der Waals surface area contributed by atoms with Gasteiger partial charge in [0.1, 0.15) is 11.6 Å². The summed E-state index contributed by atoms with van der Waals surface area (Å²) in [4.78, 5) is 28.1. The predicted octanol–water partition coefficient (Wildman–Crippen LogP) is 2.36. The first kappa shape index (κ1) is 17.9. The number of carbonyl (C=O) groups is 2. The fourth-order valence-electron chi connectivity index (χ4n) is 2.67. The van der Waals surface area contributed by atoms with Gasteiger partial charge in [-0.05, 0) is 44.4 Å². The lowest BCUT2D eigenvalue weighted by atomic mass is 10.1. The average Bonchev–Trinajstić information content (AvgIpc) is 2.61. The van der Waals surface area contributed by atoms with Crippen molar-refractivity contribution in [2.75, 3.05) is 44.0 Å². The summed E-state index contributed by atoms with van der Waals surface area (Å²) in [5, 5.41) is 2.67. The number of rotatable bonds is 5. The number of hydrogen-bond donors (Lipinski definition) is 1. The van der Waals surface area contributed by atoms with Crippen molar-refractivity contribution in [3.63, 3.8) is 0 Å². The zero-order valence-corrected chi connectivity index (χ0v) is 14.7. The number of nitrogens with one attached hydrogen (secondary N) is 1. The van der Waals surface area contributed by atoms with Gasteiger partial charge in [0, 0.05) is 18.8 Å². The minimum Gasteiger partial charge on any atom is -0.482 e. The Hall–Kier alpha value is -2.93. The van der Waals surface area contributed by atoms with E-state index < -0.39 is 11.7 Å². The molecule has 0 saturated heterocycles. The first-order valence-corrected chi connectivity index (χ1v) is 8.23. The van der Waals surface area contributed by atoms with Crippen molar-refractivity contribution in [1.29, 1.82) is 0 Å². The smallest absolute Gasteiger partial charge is 0.265 e. The molecule has 1 heterocycles. The van der Waals surface area contributed by atoms with E-state index in [1.807, 2.05) is 19.0 Å². The summed E-state index contributed by atoms with van der Waals surface area (Å²) in [6.45, 7) is 1.19. The summed E-state index contributed by atoms with van der Waals surface area (Å²) in [6, 6.07) is 10.8. The quantitative estimate of drug-likeness (QED) is 0.892. The molecule has 0 saturated carbocycles. The zero-order chi connectivity index (χ0) is 18.7. The standard InChI is InChI=1S/C19H20FN3O3/c1-22(2)9-10-23-16-11-13(7-8-17(16)26-12-18(23)24)21-19(25)14-5-3-4-6-15(14)20/h3-8,11H,9-10,12H2,1-2H3,(H,21,25). The molecule has 1 aliphatic heterocycles. The van der Waals surface area contributed by atoms with Crippen molar-refractivity contribution in [3.05, 3.63) is 53.8 Å². The van der Waals surface area contributed by atoms with Crippen LogP contribution < -0.4 is 15.0 Å². The largest absolute Gasteiger partial charge is 0.482 e. The Kier molecular flexibility index (Phi) is 5.18. The summed E-state index contributed by atoms with van der Waals surface area (Å²) in [7, 11) is 3.85. The Balaban J connectivity index is 1.84. The first-order valence-electron chi connectivity index (χ1n) is 8.23. The molecule has 2 aromatic carbocycles. The molecule has 0 aromatic heterocycles. The summed E-state index contributed by atoms with van der Waals surface area (Å²) in [5.41, 5.74) is 1.02. The molecule has 6 nitrogen and oxygen atoms in total. The third-order valence-corrected chi connectivity index (χ3v) is 4.05. The topological polar surface area (TPSA) is 61.9 Å². The van der Waals surface area contributed by atoms with Gasteiger partial charge >= 0.3 is 0 Å². The van der Waals surface area contributed by atoms with E-state index in [1.54, 1.807) is 29.2 Å². The highest BCUT2D eigenvalue weighted by Gasteiger charge is 2.26. The van der Waals surface area contributed by atoms with Crippen LogP contribution in [0.2, 0.25) is 0 Å². The number of hydrogen-bond acceptors (Lipinski definition) is 4. The molecule has 0 atom stereocenters. The van der Waals surface area contributed by atoms with E-state index >= 15 is 0 Å². The summed E-state index contributed by atoms with van der Waals surface area (Å²) in [6.07, 6.45) is 0. The maximum atomic E-state index is 13.8. The Labute approximate surface area is 151 Å². The van der Waals surface area contributed by atoms with Crippen LogP contribution in [-0.2, 0) is 4.79 Å². The SMILES string of the molecule is CN(C)CCN1C(=O)COc2ccc(NC(=O)c3ccccc3F)cc21. The Morgan fingerprint density at radius 2 is 2.04 bits per heavy atom. The molecule has 0 fully saturated rings. The molecule has 0 bridgehead atoms. The van der Waals surface area contributed by atoms with Crippen LogP contribution in [0.4, 0.5) is 15.8 Å². The van der Waals surface area contributed by atoms with Crippen molar-refractivity contribution >= 4 is 23.2 Å². The minimum atomic E-state index is -0.589. The van der Waals surface area contributed by atoms with E-state index in [0.29, 0.717) is 30.2 Å². The van der Waals surface area contributed by atoms with Gasteiger partial charge in [-0.1, -0.05) is 12.1 Å². The van der Waals surface area contributed by atoms with E-state index in [4.69, 9.17) is 4.74 Å². The van der Waals surface area contributed by atoms with Crippen molar-refractivity contribution in [2.24, 2.45) is 0 Å². The number of amides is 2. The lowest BCUT2D eigenvalue weighted by Crippen LogP contribution is -2.42. The van der Waals surface area contributed by atoms with Crippen LogP contribution in [0.3, 0.4) is 0 Å². The normalized spacial score (nSPS) is 13.4. The number of benzene rings is 2. The van der Waals surface area contributed by atoms with Gasteiger partial charge in [0.15, 0.2) is 6.61 Å². The molecular weight excluding hydrogens is 337 g/mol. The molecule has 3 rings (SSSR count). The van der Waals surface area contributed by atoms with Gasteiger partial charge in [0.25, 0.3) is 11.8 Å². The first-order chi connectivity index (χ1) is 12.5. The van der Waals surface area contributed by atoms with Crippen LogP contribution in [0.5, 0.6) is 5.75 Å². The molecular formula is C19H20FN3O3. The van der Waals surface area contributed by atoms with Gasteiger partial charge in [-0.25, -0.2) is 4.39 Å². The molecule has 136 valence electrons. The van der Waals surface area contributed by atoms with Crippen molar-refractivity contribution in [1.82, 2.24) is 4.90 Å². The predicted molar refractivity (Wildman–Crippen MR) is 97.2 cm³/mol. The van der Waals surface area contributed by atoms with Crippen LogP contribution in [0, 0.1) is 5.82 Å². The number of fused-ring (bicyclic) bond motifs is 1. The molecule has 26 heavy (non-hydrogen) atoms. The fourth-order valence-corrected chi connectivity index (χ4v) is 2.67. The zero-order valence-electron chi connectivity index (χ0n) is 14.7. The van der Waals surface area contributed by atoms with Crippen LogP contribution >= 0.6 is 0 Å². The molecule has 0 unspecified atom stereocenters. The van der Waals surface area contributed by atoms with Gasteiger partial charge < -0.3 is 19.9 Å². The third kappa shape index (κ3) is 3.83. The lowest BCUT2D eigenvalue weighted by molar-refractivity contribution is -0.121. The second-order valence-electron chi connectivity index (χ2n) is 6.25. The monoisotopic (exact) mass is 357 g/mol. The molecule has 2 amide bonds. The molecule has 1 N–H and O–H groups in total. The van der Waals surface area contributed by atoms with E-state index in [0.717, 1.165) is 0 Å². The third-order valence-electron chi connectivity index (χ3n) is 4.05. The Morgan fingerprint density at radius 3 is 2.77 bits per heavy atom. The maximum absolute atomic E-state index is 13.8. The Morgan fingerprint density at radius 1 is 1.27 bits per heavy atom. The molecule has 0 radical (unpaired) electrons. The van der Waals surface area contributed by atoms with Gasteiger partial charge in [0.2, 0.25) is 0 Å². The Bertz CT molecular complexity index is 839. The van der Waals surface area contributed by atoms with Crippen molar-refractivity contribution in [3.8, 4) is 5.75 Å². The number of halogens is 1. The van der Waals surface area contributed by atoms with Crippen LogP contribution in [-0.4, -0.2) is 50.5 Å². The minimum absolute atomic E-state index is 0.0125. The second kappa shape index (κ2) is 7.53. The summed E-state index contributed by atoms with van der Waals surface area (Å²) in [5.74, 6) is -0.704. The number of ether oxygens (including phenoxy) is 1. The van der Waals surface area contributed by atoms with E-state index in [-0.39, 0.29) is 18.1 Å². The van der Waals surface area contributed by atoms with E-state index in [9.17, 15) is 14.0 Å². The highest BCUT2D eigenvalue weighted by atomic mass is 19.1. The average molecular weight is 357 g/mol. The molecule has 1 aliphatic rings. The highest BCUT2D eigenvalue weighted by molar-refractivity contribution is 6.05. The molecule has 7 heteroatoms. The van der Waals surface area contributed by atoms with Gasteiger partial charge in [0.05, 0.1) is 11.3 Å². The number of likely N-dealkylation sites (N-methyl/N-ethyl adjacent to an activating group) is 1. The number of carbonyl (C=O) groups excluding carboxylic acids is 2. The summed E-state index contributed by atoms with van der Waals surface area (Å²) >= 11 is 0. The molecule has 0 aliphatic carbocycles. The molecule has 0 spiro atoms.